The van der Waals surface area contributed by atoms with Gasteiger partial charge in [-0.2, -0.15) is 5.10 Å². The minimum atomic E-state index is -0.141. The summed E-state index contributed by atoms with van der Waals surface area (Å²) >= 11 is 0. The molecule has 0 aliphatic heterocycles. The van der Waals surface area contributed by atoms with Gasteiger partial charge in [-0.3, -0.25) is 4.79 Å². The second kappa shape index (κ2) is 7.95. The zero-order valence-electron chi connectivity index (χ0n) is 17.2. The van der Waals surface area contributed by atoms with Gasteiger partial charge in [0.15, 0.2) is 0 Å². The Bertz CT molecular complexity index is 1320. The van der Waals surface area contributed by atoms with Crippen molar-refractivity contribution in [3.63, 3.8) is 0 Å². The molecule has 0 spiro atoms. The second-order valence-corrected chi connectivity index (χ2v) is 7.49. The first-order chi connectivity index (χ1) is 15.2. The van der Waals surface area contributed by atoms with Crippen molar-refractivity contribution in [3.05, 3.63) is 108 Å². The average molecular weight is 406 g/mol. The molecule has 5 heteroatoms. The molecule has 5 aromatic rings. The zero-order chi connectivity index (χ0) is 21.2. The summed E-state index contributed by atoms with van der Waals surface area (Å²) in [5.74, 6) is -0.141. The molecule has 2 N–H and O–H groups in total. The van der Waals surface area contributed by atoms with E-state index >= 15 is 0 Å². The number of amides is 1. The summed E-state index contributed by atoms with van der Waals surface area (Å²) in [6.07, 6.45) is 0. The van der Waals surface area contributed by atoms with Crippen LogP contribution in [0, 0.1) is 6.92 Å². The van der Waals surface area contributed by atoms with Crippen LogP contribution in [0.4, 0.5) is 0 Å². The first-order valence-electron chi connectivity index (χ1n) is 10.3. The van der Waals surface area contributed by atoms with Crippen molar-refractivity contribution in [1.29, 1.82) is 0 Å². The number of nitrogens with zero attached hydrogens (tertiary/aromatic N) is 2. The van der Waals surface area contributed by atoms with E-state index in [-0.39, 0.29) is 5.91 Å². The molecule has 0 radical (unpaired) electrons. The minimum Gasteiger partial charge on any atom is -0.357 e. The highest BCUT2D eigenvalue weighted by molar-refractivity contribution is 6.01. The molecule has 1 amide bonds. The third-order valence-electron chi connectivity index (χ3n) is 5.42. The smallest absolute Gasteiger partial charge is 0.255 e. The summed E-state index contributed by atoms with van der Waals surface area (Å²) in [4.78, 5) is 16.7. The molecule has 3 aromatic carbocycles. The Kier molecular flexibility index (Phi) is 4.84. The van der Waals surface area contributed by atoms with Gasteiger partial charge in [0.2, 0.25) is 0 Å². The van der Waals surface area contributed by atoms with E-state index in [9.17, 15) is 4.79 Å². The van der Waals surface area contributed by atoms with Crippen molar-refractivity contribution in [2.45, 2.75) is 13.5 Å². The number of rotatable bonds is 5. The molecule has 0 bridgehead atoms. The lowest BCUT2D eigenvalue weighted by Gasteiger charge is -2.07. The number of fused-ring (bicyclic) bond motifs is 1. The Balaban J connectivity index is 1.50. The fourth-order valence-corrected chi connectivity index (χ4v) is 3.89. The summed E-state index contributed by atoms with van der Waals surface area (Å²) in [5, 5.41) is 9.01. The van der Waals surface area contributed by atoms with E-state index in [0.29, 0.717) is 17.8 Å². The number of nitrogens with one attached hydrogen (secondary N) is 2. The summed E-state index contributed by atoms with van der Waals surface area (Å²) in [7, 11) is 0. The topological polar surface area (TPSA) is 62.7 Å². The molecule has 5 rings (SSSR count). The van der Waals surface area contributed by atoms with Gasteiger partial charge in [0, 0.05) is 16.8 Å². The van der Waals surface area contributed by atoms with Crippen molar-refractivity contribution in [1.82, 2.24) is 20.1 Å². The van der Waals surface area contributed by atoms with Gasteiger partial charge in [-0.25, -0.2) is 4.68 Å². The molecule has 5 nitrogen and oxygen atoms in total. The van der Waals surface area contributed by atoms with E-state index in [4.69, 9.17) is 5.10 Å². The lowest BCUT2D eigenvalue weighted by atomic mass is 10.1. The normalized spacial score (nSPS) is 11.0. The number of hydrogen-bond donors (Lipinski definition) is 2. The van der Waals surface area contributed by atoms with Crippen molar-refractivity contribution in [3.8, 4) is 16.9 Å². The van der Waals surface area contributed by atoms with Gasteiger partial charge < -0.3 is 10.3 Å². The number of carbonyl (C=O) groups is 1. The number of aromatic amines is 1. The number of hydrogen-bond acceptors (Lipinski definition) is 2. The molecule has 31 heavy (non-hydrogen) atoms. The second-order valence-electron chi connectivity index (χ2n) is 7.49. The third-order valence-corrected chi connectivity index (χ3v) is 5.42. The van der Waals surface area contributed by atoms with Gasteiger partial charge in [-0.05, 0) is 36.6 Å². The standard InChI is InChI=1S/C26H22N4O/c1-18-24(26(31)27-17-21-16-20-12-8-9-15-23(20)28-21)25(19-10-4-2-5-11-19)29-30(18)22-13-6-3-7-14-22/h2-16,28H,17H2,1H3,(H,27,31). The third kappa shape index (κ3) is 3.62. The Morgan fingerprint density at radius 2 is 1.61 bits per heavy atom. The van der Waals surface area contributed by atoms with Crippen LogP contribution >= 0.6 is 0 Å². The summed E-state index contributed by atoms with van der Waals surface area (Å²) in [6, 6.07) is 29.8. The van der Waals surface area contributed by atoms with E-state index in [1.165, 1.54) is 0 Å². The highest BCUT2D eigenvalue weighted by atomic mass is 16.1. The fraction of sp³-hybridized carbons (Fsp3) is 0.0769. The van der Waals surface area contributed by atoms with Crippen molar-refractivity contribution >= 4 is 16.8 Å². The highest BCUT2D eigenvalue weighted by Gasteiger charge is 2.23. The molecule has 0 fully saturated rings. The molecule has 0 saturated carbocycles. The number of carbonyl (C=O) groups excluding carboxylic acids is 1. The van der Waals surface area contributed by atoms with E-state index in [1.54, 1.807) is 0 Å². The maximum atomic E-state index is 13.3. The van der Waals surface area contributed by atoms with Crippen LogP contribution < -0.4 is 5.32 Å². The molecule has 2 aromatic heterocycles. The quantitative estimate of drug-likeness (QED) is 0.418. The summed E-state index contributed by atoms with van der Waals surface area (Å²) < 4.78 is 1.83. The summed E-state index contributed by atoms with van der Waals surface area (Å²) in [6.45, 7) is 2.35. The molecule has 0 saturated heterocycles. The summed E-state index contributed by atoms with van der Waals surface area (Å²) in [5.41, 5.74) is 5.93. The van der Waals surface area contributed by atoms with Gasteiger partial charge in [-0.15, -0.1) is 0 Å². The van der Waals surface area contributed by atoms with E-state index < -0.39 is 0 Å². The number of aromatic nitrogens is 3. The molecule has 152 valence electrons. The number of benzene rings is 3. The Morgan fingerprint density at radius 1 is 0.935 bits per heavy atom. The van der Waals surface area contributed by atoms with Gasteiger partial charge >= 0.3 is 0 Å². The number of para-hydroxylation sites is 2. The molecule has 2 heterocycles. The lowest BCUT2D eigenvalue weighted by molar-refractivity contribution is 0.0950. The SMILES string of the molecule is Cc1c(C(=O)NCc2cc3ccccc3[nH]2)c(-c2ccccc2)nn1-c1ccccc1. The maximum absolute atomic E-state index is 13.3. The molecule has 0 aliphatic rings. The molecule has 0 atom stereocenters. The van der Waals surface area contributed by atoms with Crippen LogP contribution in [0.2, 0.25) is 0 Å². The van der Waals surface area contributed by atoms with Gasteiger partial charge in [0.1, 0.15) is 5.69 Å². The fourth-order valence-electron chi connectivity index (χ4n) is 3.89. The number of H-pyrrole nitrogens is 1. The van der Waals surface area contributed by atoms with Crippen LogP contribution in [-0.2, 0) is 6.54 Å². The molecular formula is C26H22N4O. The Hall–Kier alpha value is -4.12. The average Bonchev–Trinajstić information content (AvgIpc) is 3.39. The largest absolute Gasteiger partial charge is 0.357 e. The predicted molar refractivity (Wildman–Crippen MR) is 123 cm³/mol. The first-order valence-corrected chi connectivity index (χ1v) is 10.3. The predicted octanol–water partition coefficient (Wildman–Crippen LogP) is 5.26. The van der Waals surface area contributed by atoms with Crippen LogP contribution in [-0.4, -0.2) is 20.7 Å². The van der Waals surface area contributed by atoms with Crippen molar-refractivity contribution < 1.29 is 4.79 Å². The monoisotopic (exact) mass is 406 g/mol. The molecule has 0 aliphatic carbocycles. The van der Waals surface area contributed by atoms with Crippen molar-refractivity contribution in [2.75, 3.05) is 0 Å². The Labute approximate surface area is 180 Å². The minimum absolute atomic E-state index is 0.141. The van der Waals surface area contributed by atoms with Crippen molar-refractivity contribution in [2.24, 2.45) is 0 Å². The van der Waals surface area contributed by atoms with Crippen LogP contribution in [0.15, 0.2) is 91.0 Å². The van der Waals surface area contributed by atoms with E-state index in [1.807, 2.05) is 90.5 Å². The van der Waals surface area contributed by atoms with E-state index in [0.717, 1.165) is 33.5 Å². The van der Waals surface area contributed by atoms with Gasteiger partial charge in [0.25, 0.3) is 5.91 Å². The zero-order valence-corrected chi connectivity index (χ0v) is 17.2. The molecule has 0 unspecified atom stereocenters. The highest BCUT2D eigenvalue weighted by Crippen LogP contribution is 2.27. The molecular weight excluding hydrogens is 384 g/mol. The van der Waals surface area contributed by atoms with Gasteiger partial charge in [-0.1, -0.05) is 66.7 Å². The van der Waals surface area contributed by atoms with Crippen LogP contribution in [0.5, 0.6) is 0 Å². The maximum Gasteiger partial charge on any atom is 0.255 e. The van der Waals surface area contributed by atoms with Crippen LogP contribution in [0.3, 0.4) is 0 Å². The lowest BCUT2D eigenvalue weighted by Crippen LogP contribution is -2.24. The first kappa shape index (κ1) is 18.9. The van der Waals surface area contributed by atoms with Gasteiger partial charge in [0.05, 0.1) is 23.5 Å². The Morgan fingerprint density at radius 3 is 2.35 bits per heavy atom. The van der Waals surface area contributed by atoms with E-state index in [2.05, 4.69) is 22.4 Å². The van der Waals surface area contributed by atoms with Crippen LogP contribution in [0.1, 0.15) is 21.7 Å². The van der Waals surface area contributed by atoms with Crippen LogP contribution in [0.25, 0.3) is 27.8 Å².